The molecule has 5 rings (SSSR count). The summed E-state index contributed by atoms with van der Waals surface area (Å²) in [4.78, 5) is 12.5. The summed E-state index contributed by atoms with van der Waals surface area (Å²) >= 11 is 6.98. The van der Waals surface area contributed by atoms with Gasteiger partial charge in [0.15, 0.2) is 9.84 Å². The number of aryl methyl sites for hydroxylation is 1. The van der Waals surface area contributed by atoms with Crippen LogP contribution in [0.15, 0.2) is 52.7 Å². The molecule has 1 heterocycles. The first-order valence-electron chi connectivity index (χ1n) is 13.2. The molecule has 226 valence electrons. The van der Waals surface area contributed by atoms with Crippen LogP contribution in [0.25, 0.3) is 0 Å². The Morgan fingerprint density at radius 2 is 1.60 bits per heavy atom. The molecule has 1 fully saturated rings. The van der Waals surface area contributed by atoms with Crippen LogP contribution >= 0.6 is 22.9 Å². The summed E-state index contributed by atoms with van der Waals surface area (Å²) in [5.74, 6) is -0.461. The van der Waals surface area contributed by atoms with E-state index in [-0.39, 0.29) is 33.5 Å². The van der Waals surface area contributed by atoms with Gasteiger partial charge in [-0.1, -0.05) is 17.7 Å². The molecule has 3 aromatic rings. The number of thiophene rings is 1. The second-order valence-electron chi connectivity index (χ2n) is 10.8. The van der Waals surface area contributed by atoms with E-state index < -0.39 is 57.7 Å². The Hall–Kier alpha value is -2.57. The second kappa shape index (κ2) is 11.5. The highest BCUT2D eigenvalue weighted by Gasteiger charge is 2.42. The minimum atomic E-state index is -4.88. The quantitative estimate of drug-likeness (QED) is 0.147. The molecule has 0 aliphatic heterocycles. The summed E-state index contributed by atoms with van der Waals surface area (Å²) in [5, 5.41) is 0. The molecule has 2 bridgehead atoms. The second-order valence-corrected chi connectivity index (χ2v) is 14.8. The zero-order chi connectivity index (χ0) is 30.4. The summed E-state index contributed by atoms with van der Waals surface area (Å²) in [7, 11) is -3.51. The smallest absolute Gasteiger partial charge is 0.416 e. The molecular weight excluding hydrogens is 626 g/mol. The van der Waals surface area contributed by atoms with Crippen LogP contribution in [0.5, 0.6) is 5.75 Å². The molecule has 2 aromatic carbocycles. The summed E-state index contributed by atoms with van der Waals surface area (Å²) < 4.78 is 112. The van der Waals surface area contributed by atoms with Crippen molar-refractivity contribution in [3.8, 4) is 5.75 Å². The number of halogens is 7. The van der Waals surface area contributed by atoms with E-state index in [9.17, 15) is 39.6 Å². The lowest BCUT2D eigenvalue weighted by molar-refractivity contribution is -0.142. The van der Waals surface area contributed by atoms with Crippen LogP contribution in [0.4, 0.5) is 26.3 Å². The van der Waals surface area contributed by atoms with Gasteiger partial charge < -0.3 is 4.74 Å². The SMILES string of the molecule is O=C(CCc1cc(C(F)(F)F)ccc1C(F)(F)F)Oc1ccc2c(c1)CC1CCC(C2)C1CS(=O)(=O)c1ccc(Cl)s1. The molecule has 3 atom stereocenters. The fourth-order valence-corrected chi connectivity index (χ4v) is 9.50. The number of hydrogen-bond donors (Lipinski definition) is 0. The van der Waals surface area contributed by atoms with Gasteiger partial charge in [0.25, 0.3) is 0 Å². The maximum Gasteiger partial charge on any atom is 0.416 e. The van der Waals surface area contributed by atoms with E-state index in [0.717, 1.165) is 35.3 Å². The zero-order valence-corrected chi connectivity index (χ0v) is 24.3. The van der Waals surface area contributed by atoms with Gasteiger partial charge in [-0.05, 0) is 109 Å². The van der Waals surface area contributed by atoms with Crippen LogP contribution in [0.1, 0.15) is 47.1 Å². The highest BCUT2D eigenvalue weighted by Crippen LogP contribution is 2.46. The molecule has 2 aliphatic carbocycles. The van der Waals surface area contributed by atoms with E-state index in [1.165, 1.54) is 6.07 Å². The number of carbonyl (C=O) groups is 1. The number of rotatable bonds is 7. The molecule has 13 heteroatoms. The number of sulfone groups is 1. The molecule has 3 unspecified atom stereocenters. The first-order chi connectivity index (χ1) is 19.6. The van der Waals surface area contributed by atoms with E-state index in [4.69, 9.17) is 16.3 Å². The summed E-state index contributed by atoms with van der Waals surface area (Å²) in [6.45, 7) is 0. The van der Waals surface area contributed by atoms with Gasteiger partial charge in [-0.25, -0.2) is 8.42 Å². The normalized spacial score (nSPS) is 20.7. The van der Waals surface area contributed by atoms with E-state index in [0.29, 0.717) is 35.4 Å². The largest absolute Gasteiger partial charge is 0.427 e. The van der Waals surface area contributed by atoms with Crippen molar-refractivity contribution >= 4 is 38.7 Å². The molecule has 0 spiro atoms. The van der Waals surface area contributed by atoms with Crippen LogP contribution in [0.3, 0.4) is 0 Å². The fraction of sp³-hybridized carbons (Fsp3) is 0.414. The van der Waals surface area contributed by atoms with Gasteiger partial charge in [-0.2, -0.15) is 26.3 Å². The average molecular weight is 651 g/mol. The van der Waals surface area contributed by atoms with Crippen molar-refractivity contribution in [1.29, 1.82) is 0 Å². The Kier molecular flexibility index (Phi) is 8.45. The van der Waals surface area contributed by atoms with Gasteiger partial charge >= 0.3 is 18.3 Å². The van der Waals surface area contributed by atoms with Crippen molar-refractivity contribution < 1.29 is 44.3 Å². The first kappa shape index (κ1) is 30.9. The van der Waals surface area contributed by atoms with Gasteiger partial charge in [0.2, 0.25) is 0 Å². The molecule has 0 N–H and O–H groups in total. The van der Waals surface area contributed by atoms with Gasteiger partial charge in [0.05, 0.1) is 21.2 Å². The molecule has 0 saturated heterocycles. The monoisotopic (exact) mass is 650 g/mol. The third-order valence-corrected chi connectivity index (χ3v) is 11.7. The van der Waals surface area contributed by atoms with Gasteiger partial charge in [0.1, 0.15) is 9.96 Å². The Labute approximate surface area is 247 Å². The number of fused-ring (bicyclic) bond motifs is 3. The topological polar surface area (TPSA) is 60.4 Å². The number of esters is 1. The Morgan fingerprint density at radius 3 is 2.21 bits per heavy atom. The molecule has 0 radical (unpaired) electrons. The predicted molar refractivity (Wildman–Crippen MR) is 145 cm³/mol. The molecule has 2 aliphatic rings. The summed E-state index contributed by atoms with van der Waals surface area (Å²) in [5.41, 5.74) is -1.18. The maximum absolute atomic E-state index is 13.4. The third-order valence-electron chi connectivity index (χ3n) is 8.10. The summed E-state index contributed by atoms with van der Waals surface area (Å²) in [6, 6.07) is 9.30. The number of benzene rings is 2. The number of hydrogen-bond acceptors (Lipinski definition) is 5. The lowest BCUT2D eigenvalue weighted by Gasteiger charge is -2.21. The Bertz CT molecular complexity index is 1600. The van der Waals surface area contributed by atoms with Crippen molar-refractivity contribution in [3.05, 3.63) is 80.7 Å². The highest BCUT2D eigenvalue weighted by atomic mass is 35.5. The van der Waals surface area contributed by atoms with E-state index in [1.54, 1.807) is 24.3 Å². The van der Waals surface area contributed by atoms with Crippen molar-refractivity contribution in [1.82, 2.24) is 0 Å². The van der Waals surface area contributed by atoms with E-state index >= 15 is 0 Å². The standard InChI is InChI=1S/C29H25ClF6O4S2/c30-25-8-10-27(41-25)42(38,39)15-23-17-1-2-18(23)12-20-14-22(6-3-16(20)11-17)40-26(37)9-4-19-13-21(28(31,32)33)5-7-24(19)29(34,35)36/h3,5-8,10,13-14,17-18,23H,1-2,4,9,11-12,15H2. The van der Waals surface area contributed by atoms with E-state index in [1.807, 2.05) is 0 Å². The van der Waals surface area contributed by atoms with Crippen molar-refractivity contribution in [2.45, 2.75) is 55.1 Å². The molecule has 1 aromatic heterocycles. The van der Waals surface area contributed by atoms with Crippen LogP contribution in [0.2, 0.25) is 4.34 Å². The third kappa shape index (κ3) is 6.81. The Balaban J connectivity index is 1.27. The average Bonchev–Trinajstić information content (AvgIpc) is 3.44. The fourth-order valence-electron chi connectivity index (χ4n) is 6.11. The van der Waals surface area contributed by atoms with Gasteiger partial charge in [0, 0.05) is 6.42 Å². The van der Waals surface area contributed by atoms with Crippen molar-refractivity contribution in [3.63, 3.8) is 0 Å². The van der Waals surface area contributed by atoms with Crippen molar-refractivity contribution in [2.24, 2.45) is 17.8 Å². The predicted octanol–water partition coefficient (Wildman–Crippen LogP) is 8.19. The first-order valence-corrected chi connectivity index (χ1v) is 16.0. The van der Waals surface area contributed by atoms with Crippen LogP contribution in [-0.2, 0) is 46.2 Å². The van der Waals surface area contributed by atoms with Crippen molar-refractivity contribution in [2.75, 3.05) is 5.75 Å². The van der Waals surface area contributed by atoms with Gasteiger partial charge in [-0.3, -0.25) is 4.79 Å². The number of carbonyl (C=O) groups excluding carboxylic acids is 1. The number of alkyl halides is 6. The van der Waals surface area contributed by atoms with Crippen LogP contribution < -0.4 is 4.74 Å². The molecule has 4 nitrogen and oxygen atoms in total. The highest BCUT2D eigenvalue weighted by molar-refractivity contribution is 7.93. The lowest BCUT2D eigenvalue weighted by Crippen LogP contribution is -2.25. The molecule has 1 saturated carbocycles. The Morgan fingerprint density at radius 1 is 0.905 bits per heavy atom. The van der Waals surface area contributed by atoms with Gasteiger partial charge in [-0.15, -0.1) is 11.3 Å². The summed E-state index contributed by atoms with van der Waals surface area (Å²) in [6.07, 6.45) is -7.84. The lowest BCUT2D eigenvalue weighted by atomic mass is 9.89. The maximum atomic E-state index is 13.4. The molecule has 42 heavy (non-hydrogen) atoms. The molecular formula is C29H25ClF6O4S2. The number of ether oxygens (including phenoxy) is 1. The van der Waals surface area contributed by atoms with Crippen LogP contribution in [0, 0.1) is 17.8 Å². The van der Waals surface area contributed by atoms with Crippen LogP contribution in [-0.4, -0.2) is 20.1 Å². The minimum absolute atomic E-state index is 0.0183. The zero-order valence-electron chi connectivity index (χ0n) is 21.9. The molecule has 0 amide bonds. The minimum Gasteiger partial charge on any atom is -0.427 e. The van der Waals surface area contributed by atoms with E-state index in [2.05, 4.69) is 0 Å².